The number of pyridine rings is 1. The van der Waals surface area contributed by atoms with Crippen LogP contribution in [-0.2, 0) is 0 Å². The molecule has 2 heterocycles. The Morgan fingerprint density at radius 3 is 3.00 bits per heavy atom. The maximum atomic E-state index is 11.2. The molecule has 0 amide bonds. The Bertz CT molecular complexity index is 474. The molecular weight excluding hydrogens is 234 g/mol. The molecule has 0 aliphatic heterocycles. The first-order valence-electron chi connectivity index (χ1n) is 3.65. The minimum Gasteiger partial charge on any atom is -0.312 e. The molecule has 0 spiro atoms. The van der Waals surface area contributed by atoms with Crippen molar-refractivity contribution in [2.75, 3.05) is 0 Å². The van der Waals surface area contributed by atoms with Crippen molar-refractivity contribution in [3.8, 4) is 5.69 Å². The van der Waals surface area contributed by atoms with Gasteiger partial charge in [0, 0.05) is 24.8 Å². The normalized spacial score (nSPS) is 10.2. The number of halogens is 1. The van der Waals surface area contributed by atoms with Gasteiger partial charge in [0.25, 0.3) is 0 Å². The molecule has 0 atom stereocenters. The molecule has 2 aromatic heterocycles. The lowest BCUT2D eigenvalue weighted by Gasteiger charge is -2.01. The average molecular weight is 240 g/mol. The number of nitrogens with zero attached hydrogens (tertiary/aromatic N) is 2. The van der Waals surface area contributed by atoms with E-state index in [9.17, 15) is 4.79 Å². The number of nitrogens with one attached hydrogen (secondary N) is 1. The lowest BCUT2D eigenvalue weighted by Crippen LogP contribution is -2.14. The van der Waals surface area contributed by atoms with E-state index >= 15 is 0 Å². The van der Waals surface area contributed by atoms with Crippen LogP contribution in [0.2, 0.25) is 0 Å². The van der Waals surface area contributed by atoms with Crippen LogP contribution < -0.4 is 5.69 Å². The van der Waals surface area contributed by atoms with E-state index in [1.807, 2.05) is 0 Å². The second-order valence-corrected chi connectivity index (χ2v) is 3.32. The van der Waals surface area contributed by atoms with Crippen LogP contribution in [0.15, 0.2) is 40.1 Å². The Hall–Kier alpha value is -1.36. The fourth-order valence-electron chi connectivity index (χ4n) is 1.07. The van der Waals surface area contributed by atoms with Crippen LogP contribution in [0.3, 0.4) is 0 Å². The summed E-state index contributed by atoms with van der Waals surface area (Å²) in [6.07, 6.45) is 6.55. The summed E-state index contributed by atoms with van der Waals surface area (Å²) in [5.41, 5.74) is 0.619. The molecule has 5 heteroatoms. The first kappa shape index (κ1) is 8.25. The summed E-state index contributed by atoms with van der Waals surface area (Å²) < 4.78 is 2.29. The minimum atomic E-state index is -0.160. The fourth-order valence-corrected chi connectivity index (χ4v) is 1.51. The van der Waals surface area contributed by atoms with Gasteiger partial charge in [0.2, 0.25) is 0 Å². The van der Waals surface area contributed by atoms with Crippen LogP contribution in [0.4, 0.5) is 0 Å². The predicted octanol–water partition coefficient (Wildman–Crippen LogP) is 1.32. The maximum absolute atomic E-state index is 11.2. The lowest BCUT2D eigenvalue weighted by molar-refractivity contribution is 0.975. The first-order valence-corrected chi connectivity index (χ1v) is 4.44. The van der Waals surface area contributed by atoms with Gasteiger partial charge in [-0.05, 0) is 22.0 Å². The fraction of sp³-hybridized carbons (Fsp3) is 0. The van der Waals surface area contributed by atoms with E-state index < -0.39 is 0 Å². The number of aromatic nitrogens is 3. The summed E-state index contributed by atoms with van der Waals surface area (Å²) in [7, 11) is 0. The van der Waals surface area contributed by atoms with Gasteiger partial charge in [-0.1, -0.05) is 0 Å². The van der Waals surface area contributed by atoms with Gasteiger partial charge < -0.3 is 4.98 Å². The largest absolute Gasteiger partial charge is 0.330 e. The Morgan fingerprint density at radius 2 is 2.38 bits per heavy atom. The zero-order valence-corrected chi connectivity index (χ0v) is 8.15. The number of aromatic amines is 1. The van der Waals surface area contributed by atoms with Crippen molar-refractivity contribution in [3.63, 3.8) is 0 Å². The molecule has 66 valence electrons. The Kier molecular flexibility index (Phi) is 2.02. The van der Waals surface area contributed by atoms with Crippen molar-refractivity contribution >= 4 is 15.9 Å². The van der Waals surface area contributed by atoms with Gasteiger partial charge in [0.15, 0.2) is 0 Å². The SMILES string of the molecule is O=c1[nH]ccn1-c1ccncc1Br. The van der Waals surface area contributed by atoms with Gasteiger partial charge in [0.1, 0.15) is 0 Å². The van der Waals surface area contributed by atoms with Crippen molar-refractivity contribution < 1.29 is 0 Å². The van der Waals surface area contributed by atoms with Crippen molar-refractivity contribution in [3.05, 3.63) is 45.8 Å². The molecular formula is C8H6BrN3O. The van der Waals surface area contributed by atoms with E-state index in [2.05, 4.69) is 25.9 Å². The molecule has 2 aromatic rings. The second kappa shape index (κ2) is 3.18. The first-order chi connectivity index (χ1) is 6.29. The van der Waals surface area contributed by atoms with Gasteiger partial charge in [-0.3, -0.25) is 9.55 Å². The second-order valence-electron chi connectivity index (χ2n) is 2.46. The highest BCUT2D eigenvalue weighted by Crippen LogP contribution is 2.16. The van der Waals surface area contributed by atoms with Crippen molar-refractivity contribution in [1.82, 2.24) is 14.5 Å². The number of hydrogen-bond acceptors (Lipinski definition) is 2. The van der Waals surface area contributed by atoms with Crippen LogP contribution in [-0.4, -0.2) is 14.5 Å². The molecule has 1 N–H and O–H groups in total. The minimum absolute atomic E-state index is 0.160. The summed E-state index contributed by atoms with van der Waals surface area (Å²) in [6, 6.07) is 1.76. The van der Waals surface area contributed by atoms with Crippen LogP contribution >= 0.6 is 15.9 Å². The monoisotopic (exact) mass is 239 g/mol. The lowest BCUT2D eigenvalue weighted by atomic mass is 10.4. The van der Waals surface area contributed by atoms with Crippen LogP contribution in [0.5, 0.6) is 0 Å². The maximum Gasteiger partial charge on any atom is 0.330 e. The van der Waals surface area contributed by atoms with E-state index in [0.717, 1.165) is 10.2 Å². The Morgan fingerprint density at radius 1 is 1.54 bits per heavy atom. The van der Waals surface area contributed by atoms with E-state index in [4.69, 9.17) is 0 Å². The zero-order valence-electron chi connectivity index (χ0n) is 6.57. The third-order valence-electron chi connectivity index (χ3n) is 1.66. The van der Waals surface area contributed by atoms with E-state index in [0.29, 0.717) is 0 Å². The molecule has 0 fully saturated rings. The third kappa shape index (κ3) is 1.42. The molecule has 13 heavy (non-hydrogen) atoms. The summed E-state index contributed by atoms with van der Waals surface area (Å²) in [6.45, 7) is 0. The molecule has 0 radical (unpaired) electrons. The molecule has 4 nitrogen and oxygen atoms in total. The summed E-state index contributed by atoms with van der Waals surface area (Å²) in [5, 5.41) is 0. The molecule has 0 aromatic carbocycles. The molecule has 2 rings (SSSR count). The molecule has 0 saturated carbocycles. The van der Waals surface area contributed by atoms with Crippen LogP contribution in [0.25, 0.3) is 5.69 Å². The van der Waals surface area contributed by atoms with Gasteiger partial charge in [-0.15, -0.1) is 0 Å². The highest BCUT2D eigenvalue weighted by atomic mass is 79.9. The Labute approximate surface area is 82.4 Å². The zero-order chi connectivity index (χ0) is 9.26. The predicted molar refractivity (Wildman–Crippen MR) is 51.9 cm³/mol. The van der Waals surface area contributed by atoms with Crippen molar-refractivity contribution in [1.29, 1.82) is 0 Å². The molecule has 0 bridgehead atoms. The quantitative estimate of drug-likeness (QED) is 0.817. The summed E-state index contributed by atoms with van der Waals surface area (Å²) >= 11 is 3.32. The van der Waals surface area contributed by atoms with Crippen molar-refractivity contribution in [2.24, 2.45) is 0 Å². The molecule has 0 aliphatic carbocycles. The molecule has 0 saturated heterocycles. The standard InChI is InChI=1S/C8H6BrN3O/c9-6-5-10-2-1-7(6)12-4-3-11-8(12)13/h1-5H,(H,11,13). The Balaban J connectivity index is 2.66. The molecule has 0 aliphatic rings. The summed E-state index contributed by atoms with van der Waals surface area (Å²) in [4.78, 5) is 17.7. The van der Waals surface area contributed by atoms with E-state index in [1.54, 1.807) is 30.9 Å². The summed E-state index contributed by atoms with van der Waals surface area (Å²) in [5.74, 6) is 0. The number of rotatable bonds is 1. The van der Waals surface area contributed by atoms with E-state index in [1.165, 1.54) is 4.57 Å². The highest BCUT2D eigenvalue weighted by Gasteiger charge is 2.02. The molecule has 0 unspecified atom stereocenters. The van der Waals surface area contributed by atoms with Crippen LogP contribution in [0, 0.1) is 0 Å². The van der Waals surface area contributed by atoms with Crippen LogP contribution in [0.1, 0.15) is 0 Å². The third-order valence-corrected chi connectivity index (χ3v) is 2.27. The number of H-pyrrole nitrogens is 1. The highest BCUT2D eigenvalue weighted by molar-refractivity contribution is 9.10. The van der Waals surface area contributed by atoms with E-state index in [-0.39, 0.29) is 5.69 Å². The average Bonchev–Trinajstić information content (AvgIpc) is 2.52. The number of imidazole rings is 1. The van der Waals surface area contributed by atoms with Crippen molar-refractivity contribution in [2.45, 2.75) is 0 Å². The van der Waals surface area contributed by atoms with Gasteiger partial charge in [-0.25, -0.2) is 4.79 Å². The topological polar surface area (TPSA) is 50.7 Å². The smallest absolute Gasteiger partial charge is 0.312 e. The number of hydrogen-bond donors (Lipinski definition) is 1. The van der Waals surface area contributed by atoms with Gasteiger partial charge >= 0.3 is 5.69 Å². The van der Waals surface area contributed by atoms with Gasteiger partial charge in [0.05, 0.1) is 10.2 Å². The van der Waals surface area contributed by atoms with Gasteiger partial charge in [-0.2, -0.15) is 0 Å².